The molecule has 6 nitrogen and oxygen atoms in total. The lowest BCUT2D eigenvalue weighted by Gasteiger charge is -2.39. The fourth-order valence-corrected chi connectivity index (χ4v) is 4.03. The van der Waals surface area contributed by atoms with Crippen molar-refractivity contribution in [3.05, 3.63) is 0 Å². The van der Waals surface area contributed by atoms with E-state index >= 15 is 0 Å². The largest absolute Gasteiger partial charge is 0.376 e. The van der Waals surface area contributed by atoms with Crippen LogP contribution in [0.25, 0.3) is 0 Å². The summed E-state index contributed by atoms with van der Waals surface area (Å²) in [6.45, 7) is 8.22. The lowest BCUT2D eigenvalue weighted by molar-refractivity contribution is -0.127. The third kappa shape index (κ3) is 7.90. The molecule has 2 heterocycles. The average molecular weight is 484 g/mol. The zero-order chi connectivity index (χ0) is 17.6. The summed E-state index contributed by atoms with van der Waals surface area (Å²) in [6, 6.07) is 0. The Morgan fingerprint density at radius 3 is 2.76 bits per heavy atom. The number of likely N-dealkylation sites (N-methyl/N-ethyl adjacent to an activating group) is 1. The Bertz CT molecular complexity index is 454. The first kappa shape index (κ1) is 22.8. The number of thioether (sulfide) groups is 1. The molecule has 1 N–H and O–H groups in total. The smallest absolute Gasteiger partial charge is 0.243 e. The maximum atomic E-state index is 11.9. The standard InChI is InChI=1S/C17H32N4O2S.HI/c1-17(2)13-21(8-10-24-17)16(19-12-15(22)20(3)4)18-11-14-7-5-6-9-23-14;/h14H,5-13H2,1-4H3,(H,18,19);1H. The molecular weight excluding hydrogens is 451 g/mol. The Hall–Kier alpha value is -0.220. The Balaban J connectivity index is 0.00000312. The van der Waals surface area contributed by atoms with Crippen molar-refractivity contribution < 1.29 is 9.53 Å². The van der Waals surface area contributed by atoms with Gasteiger partial charge < -0.3 is 19.9 Å². The van der Waals surface area contributed by atoms with Crippen molar-refractivity contribution in [1.29, 1.82) is 0 Å². The minimum atomic E-state index is 0. The van der Waals surface area contributed by atoms with Gasteiger partial charge in [0.05, 0.1) is 6.10 Å². The van der Waals surface area contributed by atoms with E-state index in [2.05, 4.69) is 29.1 Å². The zero-order valence-corrected chi connectivity index (χ0v) is 19.1. The van der Waals surface area contributed by atoms with Crippen LogP contribution in [-0.2, 0) is 9.53 Å². The molecule has 2 aliphatic heterocycles. The quantitative estimate of drug-likeness (QED) is 0.376. The van der Waals surface area contributed by atoms with Crippen molar-refractivity contribution in [3.63, 3.8) is 0 Å². The number of nitrogens with one attached hydrogen (secondary N) is 1. The summed E-state index contributed by atoms with van der Waals surface area (Å²) in [7, 11) is 3.53. The molecule has 1 amide bonds. The van der Waals surface area contributed by atoms with Gasteiger partial charge in [-0.25, -0.2) is 4.99 Å². The van der Waals surface area contributed by atoms with Crippen molar-refractivity contribution in [1.82, 2.24) is 15.1 Å². The predicted octanol–water partition coefficient (Wildman–Crippen LogP) is 2.03. The number of carbonyl (C=O) groups excluding carboxylic acids is 1. The van der Waals surface area contributed by atoms with Gasteiger partial charge in [-0.05, 0) is 33.1 Å². The fraction of sp³-hybridized carbons (Fsp3) is 0.882. The maximum absolute atomic E-state index is 11.9. The number of guanidine groups is 1. The van der Waals surface area contributed by atoms with Crippen molar-refractivity contribution >= 4 is 47.6 Å². The second-order valence-corrected chi connectivity index (χ2v) is 9.13. The molecule has 146 valence electrons. The van der Waals surface area contributed by atoms with Gasteiger partial charge in [0.15, 0.2) is 5.96 Å². The van der Waals surface area contributed by atoms with Crippen molar-refractivity contribution in [2.24, 2.45) is 4.99 Å². The first-order valence-corrected chi connectivity index (χ1v) is 9.85. The number of rotatable bonds is 4. The molecule has 1 atom stereocenters. The van der Waals surface area contributed by atoms with Gasteiger partial charge in [-0.2, -0.15) is 11.8 Å². The van der Waals surface area contributed by atoms with Crippen LogP contribution in [0.1, 0.15) is 33.1 Å². The Kier molecular flexibility index (Phi) is 9.87. The van der Waals surface area contributed by atoms with Crippen LogP contribution in [0, 0.1) is 0 Å². The number of nitrogens with zero attached hydrogens (tertiary/aromatic N) is 3. The van der Waals surface area contributed by atoms with Crippen molar-refractivity contribution in [2.75, 3.05) is 52.6 Å². The molecule has 2 rings (SSSR count). The monoisotopic (exact) mass is 484 g/mol. The van der Waals surface area contributed by atoms with Crippen LogP contribution in [0.5, 0.6) is 0 Å². The summed E-state index contributed by atoms with van der Waals surface area (Å²) in [5.74, 6) is 1.94. The second kappa shape index (κ2) is 10.8. The van der Waals surface area contributed by atoms with E-state index in [-0.39, 0.29) is 47.3 Å². The lowest BCUT2D eigenvalue weighted by atomic mass is 10.1. The van der Waals surface area contributed by atoms with Gasteiger partial charge in [0.25, 0.3) is 0 Å². The van der Waals surface area contributed by atoms with Crippen molar-refractivity contribution in [2.45, 2.75) is 44.0 Å². The molecule has 0 aromatic carbocycles. The van der Waals surface area contributed by atoms with Gasteiger partial charge in [-0.15, -0.1) is 24.0 Å². The van der Waals surface area contributed by atoms with E-state index in [1.54, 1.807) is 19.0 Å². The molecule has 2 saturated heterocycles. The zero-order valence-electron chi connectivity index (χ0n) is 15.9. The van der Waals surface area contributed by atoms with E-state index < -0.39 is 0 Å². The minimum absolute atomic E-state index is 0. The highest BCUT2D eigenvalue weighted by molar-refractivity contribution is 14.0. The van der Waals surface area contributed by atoms with E-state index in [0.717, 1.165) is 50.8 Å². The van der Waals surface area contributed by atoms with E-state index in [9.17, 15) is 4.79 Å². The number of carbonyl (C=O) groups is 1. The molecule has 8 heteroatoms. The summed E-state index contributed by atoms with van der Waals surface area (Å²) >= 11 is 1.99. The van der Waals surface area contributed by atoms with Gasteiger partial charge in [0, 0.05) is 50.8 Å². The van der Waals surface area contributed by atoms with E-state index in [0.29, 0.717) is 0 Å². The highest BCUT2D eigenvalue weighted by Crippen LogP contribution is 2.29. The van der Waals surface area contributed by atoms with Gasteiger partial charge in [-0.3, -0.25) is 4.79 Å². The van der Waals surface area contributed by atoms with Crippen LogP contribution in [0.15, 0.2) is 4.99 Å². The van der Waals surface area contributed by atoms with E-state index in [1.165, 1.54) is 6.42 Å². The van der Waals surface area contributed by atoms with Crippen molar-refractivity contribution in [3.8, 4) is 0 Å². The van der Waals surface area contributed by atoms with Crippen LogP contribution in [-0.4, -0.2) is 85.2 Å². The van der Waals surface area contributed by atoms with Crippen LogP contribution in [0.4, 0.5) is 0 Å². The molecular formula is C17H33IN4O2S. The third-order valence-electron chi connectivity index (χ3n) is 4.35. The maximum Gasteiger partial charge on any atom is 0.243 e. The predicted molar refractivity (Wildman–Crippen MR) is 116 cm³/mol. The van der Waals surface area contributed by atoms with Gasteiger partial charge in [-0.1, -0.05) is 0 Å². The second-order valence-electron chi connectivity index (χ2n) is 7.33. The Morgan fingerprint density at radius 1 is 1.40 bits per heavy atom. The summed E-state index contributed by atoms with van der Waals surface area (Å²) in [6.07, 6.45) is 3.73. The first-order valence-electron chi connectivity index (χ1n) is 8.86. The Labute approximate surface area is 173 Å². The summed E-state index contributed by atoms with van der Waals surface area (Å²) in [5, 5.41) is 3.46. The van der Waals surface area contributed by atoms with Crippen LogP contribution >= 0.6 is 35.7 Å². The van der Waals surface area contributed by atoms with Crippen LogP contribution in [0.2, 0.25) is 0 Å². The first-order chi connectivity index (χ1) is 11.4. The number of halogens is 1. The molecule has 1 unspecified atom stereocenters. The third-order valence-corrected chi connectivity index (χ3v) is 5.65. The van der Waals surface area contributed by atoms with E-state index in [1.807, 2.05) is 11.8 Å². The SMILES string of the molecule is CN(C)C(=O)CN=C(NCC1CCCCO1)N1CCSC(C)(C)C1.I. The normalized spacial score (nSPS) is 23.6. The number of hydrogen-bond donors (Lipinski definition) is 1. The van der Waals surface area contributed by atoms with Gasteiger partial charge in [0.2, 0.25) is 5.91 Å². The molecule has 0 aromatic rings. The number of hydrogen-bond acceptors (Lipinski definition) is 4. The Morgan fingerprint density at radius 2 is 2.16 bits per heavy atom. The lowest BCUT2D eigenvalue weighted by Crippen LogP contribution is -2.52. The van der Waals surface area contributed by atoms with E-state index in [4.69, 9.17) is 4.74 Å². The fourth-order valence-electron chi connectivity index (χ4n) is 2.92. The molecule has 0 saturated carbocycles. The van der Waals surface area contributed by atoms with Gasteiger partial charge in [0.1, 0.15) is 6.54 Å². The number of amides is 1. The number of ether oxygens (including phenoxy) is 1. The summed E-state index contributed by atoms with van der Waals surface area (Å²) < 4.78 is 6.01. The minimum Gasteiger partial charge on any atom is -0.376 e. The molecule has 0 bridgehead atoms. The molecule has 0 spiro atoms. The van der Waals surface area contributed by atoms with Gasteiger partial charge >= 0.3 is 0 Å². The molecule has 0 aromatic heterocycles. The average Bonchev–Trinajstić information content (AvgIpc) is 2.54. The topological polar surface area (TPSA) is 57.2 Å². The molecule has 2 fully saturated rings. The van der Waals surface area contributed by atoms with Crippen LogP contribution in [0.3, 0.4) is 0 Å². The van der Waals surface area contributed by atoms with Crippen LogP contribution < -0.4 is 5.32 Å². The number of aliphatic imine (C=N–C) groups is 1. The summed E-state index contributed by atoms with van der Waals surface area (Å²) in [4.78, 5) is 20.4. The highest BCUT2D eigenvalue weighted by atomic mass is 127. The molecule has 25 heavy (non-hydrogen) atoms. The summed E-state index contributed by atoms with van der Waals surface area (Å²) in [5.41, 5.74) is 0. The highest BCUT2D eigenvalue weighted by Gasteiger charge is 2.29. The molecule has 0 radical (unpaired) electrons. The molecule has 2 aliphatic rings. The molecule has 0 aliphatic carbocycles.